The van der Waals surface area contributed by atoms with Gasteiger partial charge in [0.05, 0.1) is 16.9 Å². The Labute approximate surface area is 125 Å². The lowest BCUT2D eigenvalue weighted by Gasteiger charge is -2.32. The van der Waals surface area contributed by atoms with Gasteiger partial charge < -0.3 is 9.31 Å². The number of hydrogen-bond donors (Lipinski definition) is 0. The number of aromatic nitrogens is 3. The molecule has 1 aliphatic heterocycles. The lowest BCUT2D eigenvalue weighted by Crippen LogP contribution is -2.41. The largest absolute Gasteiger partial charge is 0.496 e. The zero-order valence-corrected chi connectivity index (χ0v) is 13.6. The van der Waals surface area contributed by atoms with E-state index in [1.807, 2.05) is 17.8 Å². The molecule has 5 nitrogen and oxygen atoms in total. The SMILES string of the molecule is CCn1nc(C)c2cc(B3OC(C)(C)C(C)(C)O3)cnc21. The third-order valence-electron chi connectivity index (χ3n) is 4.62. The van der Waals surface area contributed by atoms with E-state index in [9.17, 15) is 0 Å². The van der Waals surface area contributed by atoms with Crippen LogP contribution < -0.4 is 5.46 Å². The number of rotatable bonds is 2. The summed E-state index contributed by atoms with van der Waals surface area (Å²) in [4.78, 5) is 4.55. The Morgan fingerprint density at radius 2 is 1.81 bits per heavy atom. The first-order chi connectivity index (χ1) is 9.75. The third-order valence-corrected chi connectivity index (χ3v) is 4.62. The van der Waals surface area contributed by atoms with Crippen molar-refractivity contribution in [3.8, 4) is 0 Å². The topological polar surface area (TPSA) is 49.2 Å². The molecule has 0 unspecified atom stereocenters. The van der Waals surface area contributed by atoms with Crippen molar-refractivity contribution in [2.24, 2.45) is 0 Å². The molecule has 6 heteroatoms. The van der Waals surface area contributed by atoms with Gasteiger partial charge in [-0.25, -0.2) is 9.67 Å². The molecule has 0 atom stereocenters. The first kappa shape index (κ1) is 14.5. The van der Waals surface area contributed by atoms with E-state index >= 15 is 0 Å². The van der Waals surface area contributed by atoms with Crippen LogP contribution in [0.2, 0.25) is 0 Å². The summed E-state index contributed by atoms with van der Waals surface area (Å²) in [5.41, 5.74) is 2.16. The van der Waals surface area contributed by atoms with Gasteiger partial charge in [0.1, 0.15) is 0 Å². The minimum absolute atomic E-state index is 0.338. The van der Waals surface area contributed by atoms with Crippen LogP contribution in [0.4, 0.5) is 0 Å². The van der Waals surface area contributed by atoms with Gasteiger partial charge in [0, 0.05) is 23.6 Å². The molecule has 0 amide bonds. The summed E-state index contributed by atoms with van der Waals surface area (Å²) in [6.07, 6.45) is 1.83. The number of hydrogen-bond acceptors (Lipinski definition) is 4. The molecule has 3 rings (SSSR count). The van der Waals surface area contributed by atoms with Gasteiger partial charge in [0.25, 0.3) is 0 Å². The Morgan fingerprint density at radius 3 is 2.38 bits per heavy atom. The van der Waals surface area contributed by atoms with Crippen LogP contribution in [-0.2, 0) is 15.9 Å². The first-order valence-corrected chi connectivity index (χ1v) is 7.44. The molecule has 0 spiro atoms. The van der Waals surface area contributed by atoms with Crippen molar-refractivity contribution in [1.82, 2.24) is 14.8 Å². The summed E-state index contributed by atoms with van der Waals surface area (Å²) in [6, 6.07) is 2.08. The van der Waals surface area contributed by atoms with E-state index in [4.69, 9.17) is 9.31 Å². The normalized spacial score (nSPS) is 20.4. The minimum atomic E-state index is -0.378. The number of pyridine rings is 1. The Balaban J connectivity index is 2.01. The van der Waals surface area contributed by atoms with Crippen LogP contribution in [0.5, 0.6) is 0 Å². The van der Waals surface area contributed by atoms with E-state index in [-0.39, 0.29) is 18.3 Å². The van der Waals surface area contributed by atoms with Crippen molar-refractivity contribution < 1.29 is 9.31 Å². The van der Waals surface area contributed by atoms with Crippen LogP contribution >= 0.6 is 0 Å². The maximum absolute atomic E-state index is 6.08. The van der Waals surface area contributed by atoms with Crippen molar-refractivity contribution >= 4 is 23.6 Å². The van der Waals surface area contributed by atoms with Gasteiger partial charge in [-0.3, -0.25) is 0 Å². The fraction of sp³-hybridized carbons (Fsp3) is 0.600. The molecule has 2 aromatic rings. The number of aryl methyl sites for hydroxylation is 2. The highest BCUT2D eigenvalue weighted by Crippen LogP contribution is 2.36. The second-order valence-corrected chi connectivity index (χ2v) is 6.63. The smallest absolute Gasteiger partial charge is 0.399 e. The van der Waals surface area contributed by atoms with E-state index in [2.05, 4.69) is 50.8 Å². The lowest BCUT2D eigenvalue weighted by atomic mass is 9.80. The maximum Gasteiger partial charge on any atom is 0.496 e. The van der Waals surface area contributed by atoms with Gasteiger partial charge in [-0.2, -0.15) is 5.10 Å². The standard InChI is InChI=1S/C15H22BN3O2/c1-7-19-13-12(10(2)18-19)8-11(9-17-13)16-20-14(3,4)15(5,6)21-16/h8-9H,7H2,1-6H3. The van der Waals surface area contributed by atoms with Gasteiger partial charge in [-0.15, -0.1) is 0 Å². The van der Waals surface area contributed by atoms with Crippen molar-refractivity contribution in [3.05, 3.63) is 18.0 Å². The molecule has 21 heavy (non-hydrogen) atoms. The van der Waals surface area contributed by atoms with E-state index in [0.717, 1.165) is 28.7 Å². The quantitative estimate of drug-likeness (QED) is 0.793. The predicted octanol–water partition coefficient (Wildman–Crippen LogP) is 2.06. The summed E-state index contributed by atoms with van der Waals surface area (Å²) in [5.74, 6) is 0. The van der Waals surface area contributed by atoms with Crippen LogP contribution in [0.15, 0.2) is 12.3 Å². The van der Waals surface area contributed by atoms with E-state index in [0.29, 0.717) is 0 Å². The van der Waals surface area contributed by atoms with Crippen molar-refractivity contribution in [3.63, 3.8) is 0 Å². The fourth-order valence-corrected chi connectivity index (χ4v) is 2.56. The summed E-state index contributed by atoms with van der Waals surface area (Å²) in [7, 11) is -0.378. The summed E-state index contributed by atoms with van der Waals surface area (Å²) >= 11 is 0. The zero-order chi connectivity index (χ0) is 15.4. The maximum atomic E-state index is 6.08. The van der Waals surface area contributed by atoms with Crippen LogP contribution in [0, 0.1) is 6.92 Å². The highest BCUT2D eigenvalue weighted by molar-refractivity contribution is 6.62. The molecular weight excluding hydrogens is 265 g/mol. The molecule has 1 aliphatic rings. The van der Waals surface area contributed by atoms with Crippen LogP contribution in [0.25, 0.3) is 11.0 Å². The average molecular weight is 287 g/mol. The Kier molecular flexibility index (Phi) is 3.15. The monoisotopic (exact) mass is 287 g/mol. The van der Waals surface area contributed by atoms with Gasteiger partial charge in [0.2, 0.25) is 0 Å². The lowest BCUT2D eigenvalue weighted by molar-refractivity contribution is 0.00578. The van der Waals surface area contributed by atoms with Crippen LogP contribution in [0.3, 0.4) is 0 Å². The molecule has 1 saturated heterocycles. The molecule has 0 radical (unpaired) electrons. The van der Waals surface area contributed by atoms with Crippen molar-refractivity contribution in [2.45, 2.75) is 59.3 Å². The fourth-order valence-electron chi connectivity index (χ4n) is 2.56. The predicted molar refractivity (Wildman–Crippen MR) is 83.7 cm³/mol. The highest BCUT2D eigenvalue weighted by atomic mass is 16.7. The molecule has 0 saturated carbocycles. The zero-order valence-electron chi connectivity index (χ0n) is 13.6. The summed E-state index contributed by atoms with van der Waals surface area (Å²) < 4.78 is 14.1. The third kappa shape index (κ3) is 2.17. The Bertz CT molecular complexity index is 678. The van der Waals surface area contributed by atoms with Crippen molar-refractivity contribution in [1.29, 1.82) is 0 Å². The first-order valence-electron chi connectivity index (χ1n) is 7.44. The summed E-state index contributed by atoms with van der Waals surface area (Å²) in [6.45, 7) is 13.1. The second-order valence-electron chi connectivity index (χ2n) is 6.63. The Morgan fingerprint density at radius 1 is 1.19 bits per heavy atom. The van der Waals surface area contributed by atoms with E-state index in [1.165, 1.54) is 0 Å². The molecule has 0 N–H and O–H groups in total. The van der Waals surface area contributed by atoms with Gasteiger partial charge in [-0.05, 0) is 47.6 Å². The Hall–Kier alpha value is -1.40. The molecule has 0 bridgehead atoms. The van der Waals surface area contributed by atoms with Crippen molar-refractivity contribution in [2.75, 3.05) is 0 Å². The van der Waals surface area contributed by atoms with E-state index < -0.39 is 0 Å². The summed E-state index contributed by atoms with van der Waals surface area (Å²) in [5, 5.41) is 5.57. The highest BCUT2D eigenvalue weighted by Gasteiger charge is 2.51. The molecule has 112 valence electrons. The van der Waals surface area contributed by atoms with Crippen LogP contribution in [-0.4, -0.2) is 33.1 Å². The molecule has 0 aliphatic carbocycles. The molecule has 0 aromatic carbocycles. The number of fused-ring (bicyclic) bond motifs is 1. The van der Waals surface area contributed by atoms with Gasteiger partial charge >= 0.3 is 7.12 Å². The molecular formula is C15H22BN3O2. The molecule has 3 heterocycles. The minimum Gasteiger partial charge on any atom is -0.399 e. The second kappa shape index (κ2) is 4.55. The van der Waals surface area contributed by atoms with Gasteiger partial charge in [-0.1, -0.05) is 0 Å². The molecule has 1 fully saturated rings. The van der Waals surface area contributed by atoms with E-state index in [1.54, 1.807) is 0 Å². The van der Waals surface area contributed by atoms with Gasteiger partial charge in [0.15, 0.2) is 5.65 Å². The molecule has 2 aromatic heterocycles. The van der Waals surface area contributed by atoms with Crippen LogP contribution in [0.1, 0.15) is 40.3 Å². The average Bonchev–Trinajstić information content (AvgIpc) is 2.84. The number of nitrogens with zero attached hydrogens (tertiary/aromatic N) is 3.